The van der Waals surface area contributed by atoms with Gasteiger partial charge in [-0.15, -0.1) is 0 Å². The van der Waals surface area contributed by atoms with E-state index in [1.165, 1.54) is 11.1 Å². The molecule has 0 spiro atoms. The maximum absolute atomic E-state index is 11.5. The van der Waals surface area contributed by atoms with Crippen molar-refractivity contribution in [3.63, 3.8) is 0 Å². The van der Waals surface area contributed by atoms with E-state index >= 15 is 0 Å². The molecule has 7 heteroatoms. The van der Waals surface area contributed by atoms with E-state index in [1.54, 1.807) is 14.1 Å². The highest BCUT2D eigenvalue weighted by Gasteiger charge is 2.13. The Morgan fingerprint density at radius 1 is 1.75 bits per heavy atom. The van der Waals surface area contributed by atoms with E-state index in [2.05, 4.69) is 4.98 Å². The topological polar surface area (TPSA) is 88.7 Å². The number of aliphatic hydroxyl groups excluding tert-OH is 1. The molecule has 1 aromatic heterocycles. The van der Waals surface area contributed by atoms with Crippen LogP contribution in [-0.2, 0) is 0 Å². The van der Waals surface area contributed by atoms with Crippen molar-refractivity contribution in [2.24, 2.45) is 5.73 Å². The van der Waals surface area contributed by atoms with Crippen LogP contribution in [0, 0.1) is 0 Å². The number of carbonyl (C=O) groups is 1. The number of nitrogens with zero attached hydrogens (tertiary/aromatic N) is 2. The van der Waals surface area contributed by atoms with Gasteiger partial charge < -0.3 is 20.5 Å². The second-order valence-corrected chi connectivity index (χ2v) is 4.38. The first-order valence-corrected chi connectivity index (χ1v) is 5.54. The van der Waals surface area contributed by atoms with E-state index in [9.17, 15) is 9.90 Å². The smallest absolute Gasteiger partial charge is 0.273 e. The first-order chi connectivity index (χ1) is 7.54. The fourth-order valence-electron chi connectivity index (χ4n) is 0.880. The summed E-state index contributed by atoms with van der Waals surface area (Å²) in [6.45, 7) is 0.217. The highest BCUT2D eigenvalue weighted by atomic mass is 32.1. The molecule has 1 amide bonds. The van der Waals surface area contributed by atoms with Crippen molar-refractivity contribution in [3.05, 3.63) is 11.1 Å². The van der Waals surface area contributed by atoms with Crippen LogP contribution in [0.1, 0.15) is 9.67 Å². The van der Waals surface area contributed by atoms with Crippen LogP contribution in [-0.4, -0.2) is 54.2 Å². The summed E-state index contributed by atoms with van der Waals surface area (Å²) in [4.78, 5) is 17.4. The second kappa shape index (κ2) is 5.78. The number of rotatable bonds is 5. The summed E-state index contributed by atoms with van der Waals surface area (Å²) < 4.78 is 5.18. The van der Waals surface area contributed by atoms with Gasteiger partial charge in [0.15, 0.2) is 0 Å². The predicted molar refractivity (Wildman–Crippen MR) is 60.7 cm³/mol. The summed E-state index contributed by atoms with van der Waals surface area (Å²) in [5.74, 6) is -0.119. The van der Waals surface area contributed by atoms with Crippen LogP contribution in [0.4, 0.5) is 0 Å². The van der Waals surface area contributed by atoms with Crippen LogP contribution in [0.3, 0.4) is 0 Å². The van der Waals surface area contributed by atoms with Gasteiger partial charge in [0.05, 0.1) is 6.20 Å². The summed E-state index contributed by atoms with van der Waals surface area (Å²) in [6.07, 6.45) is 0.744. The predicted octanol–water partition coefficient (Wildman–Crippen LogP) is -0.457. The summed E-state index contributed by atoms with van der Waals surface area (Å²) >= 11 is 1.15. The van der Waals surface area contributed by atoms with E-state index in [-0.39, 0.29) is 19.1 Å². The minimum Gasteiger partial charge on any atom is -0.467 e. The number of aromatic nitrogens is 1. The van der Waals surface area contributed by atoms with Crippen molar-refractivity contribution in [2.45, 2.75) is 6.10 Å². The minimum absolute atomic E-state index is 0.0829. The molecule has 90 valence electrons. The lowest BCUT2D eigenvalue weighted by Crippen LogP contribution is -2.26. The zero-order valence-corrected chi connectivity index (χ0v) is 10.0. The van der Waals surface area contributed by atoms with E-state index in [4.69, 9.17) is 10.5 Å². The number of thiazole rings is 1. The van der Waals surface area contributed by atoms with Crippen LogP contribution in [0.15, 0.2) is 6.20 Å². The Labute approximate surface area is 97.7 Å². The first kappa shape index (κ1) is 12.9. The third-order valence-electron chi connectivity index (χ3n) is 1.77. The lowest BCUT2D eigenvalue weighted by Gasteiger charge is -2.07. The molecule has 0 bridgehead atoms. The molecular formula is C9H15N3O3S. The van der Waals surface area contributed by atoms with Gasteiger partial charge in [0.1, 0.15) is 17.6 Å². The molecule has 6 nitrogen and oxygen atoms in total. The van der Waals surface area contributed by atoms with Gasteiger partial charge >= 0.3 is 0 Å². The van der Waals surface area contributed by atoms with Gasteiger partial charge in [-0.25, -0.2) is 4.98 Å². The fraction of sp³-hybridized carbons (Fsp3) is 0.556. The van der Waals surface area contributed by atoms with Crippen LogP contribution < -0.4 is 10.5 Å². The molecule has 0 radical (unpaired) electrons. The minimum atomic E-state index is -0.711. The normalized spacial score (nSPS) is 12.2. The maximum atomic E-state index is 11.5. The van der Waals surface area contributed by atoms with E-state index in [0.717, 1.165) is 11.3 Å². The Balaban J connectivity index is 2.55. The molecule has 1 aromatic rings. The summed E-state index contributed by atoms with van der Waals surface area (Å²) in [7, 11) is 3.33. The van der Waals surface area contributed by atoms with Crippen molar-refractivity contribution >= 4 is 17.2 Å². The molecule has 1 rings (SSSR count). The van der Waals surface area contributed by atoms with Crippen LogP contribution >= 0.6 is 11.3 Å². The van der Waals surface area contributed by atoms with Crippen LogP contribution in [0.25, 0.3) is 0 Å². The van der Waals surface area contributed by atoms with E-state index in [0.29, 0.717) is 10.1 Å². The highest BCUT2D eigenvalue weighted by Crippen LogP contribution is 2.21. The van der Waals surface area contributed by atoms with E-state index in [1.807, 2.05) is 0 Å². The molecule has 0 aliphatic heterocycles. The van der Waals surface area contributed by atoms with Gasteiger partial charge in [0.25, 0.3) is 11.1 Å². The Kier molecular flexibility index (Phi) is 4.66. The lowest BCUT2D eigenvalue weighted by molar-refractivity contribution is 0.0832. The van der Waals surface area contributed by atoms with Gasteiger partial charge in [-0.3, -0.25) is 4.79 Å². The molecule has 1 unspecified atom stereocenters. The van der Waals surface area contributed by atoms with Crippen molar-refractivity contribution in [2.75, 3.05) is 27.2 Å². The number of carbonyl (C=O) groups excluding carboxylic acids is 1. The quantitative estimate of drug-likeness (QED) is 0.733. The number of aliphatic hydroxyl groups is 1. The Bertz CT molecular complexity index is 354. The molecule has 0 aliphatic carbocycles. The Morgan fingerprint density at radius 3 is 3.00 bits per heavy atom. The molecule has 3 N–H and O–H groups in total. The second-order valence-electron chi connectivity index (χ2n) is 3.39. The number of hydrogen-bond acceptors (Lipinski definition) is 6. The number of nitrogens with two attached hydrogens (primary N) is 1. The van der Waals surface area contributed by atoms with Crippen LogP contribution in [0.2, 0.25) is 0 Å². The van der Waals surface area contributed by atoms with Gasteiger partial charge in [-0.2, -0.15) is 0 Å². The zero-order chi connectivity index (χ0) is 12.1. The third kappa shape index (κ3) is 3.44. The maximum Gasteiger partial charge on any atom is 0.273 e. The summed E-state index contributed by atoms with van der Waals surface area (Å²) in [6, 6.07) is 0. The van der Waals surface area contributed by atoms with Crippen molar-refractivity contribution in [1.29, 1.82) is 0 Å². The van der Waals surface area contributed by atoms with Gasteiger partial charge in [0.2, 0.25) is 0 Å². The summed E-state index contributed by atoms with van der Waals surface area (Å²) in [5, 5.41) is 9.53. The number of hydrogen-bond donors (Lipinski definition) is 2. The largest absolute Gasteiger partial charge is 0.467 e. The molecule has 0 saturated carbocycles. The van der Waals surface area contributed by atoms with Gasteiger partial charge in [0, 0.05) is 20.6 Å². The van der Waals surface area contributed by atoms with Gasteiger partial charge in [-0.05, 0) is 0 Å². The molecule has 1 heterocycles. The molecule has 0 fully saturated rings. The Morgan fingerprint density at radius 2 is 2.44 bits per heavy atom. The lowest BCUT2D eigenvalue weighted by atomic mass is 10.4. The molecule has 0 saturated heterocycles. The highest BCUT2D eigenvalue weighted by molar-refractivity contribution is 7.15. The van der Waals surface area contributed by atoms with Gasteiger partial charge in [-0.1, -0.05) is 11.3 Å². The number of ether oxygens (including phenoxy) is 1. The fourth-order valence-corrected chi connectivity index (χ4v) is 1.68. The zero-order valence-electron chi connectivity index (χ0n) is 9.21. The average molecular weight is 245 g/mol. The summed E-state index contributed by atoms with van der Waals surface area (Å²) in [5.41, 5.74) is 5.22. The molecule has 16 heavy (non-hydrogen) atoms. The number of amides is 1. The van der Waals surface area contributed by atoms with Crippen LogP contribution in [0.5, 0.6) is 5.19 Å². The molecule has 0 aromatic carbocycles. The molecule has 1 atom stereocenters. The SMILES string of the molecule is CN(C)C(=O)c1cnc(OCC(O)CN)s1. The molecular weight excluding hydrogens is 230 g/mol. The van der Waals surface area contributed by atoms with Crippen molar-refractivity contribution in [3.8, 4) is 5.19 Å². The third-order valence-corrected chi connectivity index (χ3v) is 2.67. The van der Waals surface area contributed by atoms with Crippen molar-refractivity contribution < 1.29 is 14.6 Å². The molecule has 0 aliphatic rings. The average Bonchev–Trinajstić information content (AvgIpc) is 2.73. The van der Waals surface area contributed by atoms with E-state index < -0.39 is 6.10 Å². The Hall–Kier alpha value is -1.18. The first-order valence-electron chi connectivity index (χ1n) is 4.73. The standard InChI is InChI=1S/C9H15N3O3S/c1-12(2)8(14)7-4-11-9(16-7)15-5-6(13)3-10/h4,6,13H,3,5,10H2,1-2H3. The monoisotopic (exact) mass is 245 g/mol. The van der Waals surface area contributed by atoms with Crippen molar-refractivity contribution in [1.82, 2.24) is 9.88 Å².